The number of aliphatic hydroxyl groups excluding tert-OH is 1. The smallest absolute Gasteiger partial charge is 0.161 e. The Kier molecular flexibility index (Phi) is 4.88. The zero-order chi connectivity index (χ0) is 12.8. The van der Waals surface area contributed by atoms with Crippen LogP contribution < -0.4 is 9.47 Å². The Balaban J connectivity index is 1.81. The van der Waals surface area contributed by atoms with Crippen LogP contribution in [0.3, 0.4) is 0 Å². The molecule has 3 heteroatoms. The monoisotopic (exact) mass is 250 g/mol. The minimum absolute atomic E-state index is 0.235. The van der Waals surface area contributed by atoms with E-state index >= 15 is 0 Å². The van der Waals surface area contributed by atoms with Gasteiger partial charge in [-0.25, -0.2) is 0 Å². The van der Waals surface area contributed by atoms with Crippen LogP contribution in [-0.4, -0.2) is 23.9 Å². The second-order valence-corrected chi connectivity index (χ2v) is 4.83. The van der Waals surface area contributed by atoms with E-state index in [9.17, 15) is 5.11 Å². The molecule has 2 atom stereocenters. The predicted octanol–water partition coefficient (Wildman–Crippen LogP) is 3.16. The molecule has 0 saturated heterocycles. The maximum Gasteiger partial charge on any atom is 0.161 e. The van der Waals surface area contributed by atoms with Gasteiger partial charge in [0, 0.05) is 0 Å². The normalized spacial score (nSPS) is 19.6. The Morgan fingerprint density at radius 1 is 1.22 bits per heavy atom. The molecule has 1 aliphatic rings. The lowest BCUT2D eigenvalue weighted by atomic mass is 10.0. The minimum Gasteiger partial charge on any atom is -0.486 e. The summed E-state index contributed by atoms with van der Waals surface area (Å²) in [5, 5.41) is 10.1. The van der Waals surface area contributed by atoms with Crippen LogP contribution in [0, 0.1) is 0 Å². The van der Waals surface area contributed by atoms with Gasteiger partial charge in [0.25, 0.3) is 0 Å². The van der Waals surface area contributed by atoms with Crippen molar-refractivity contribution < 1.29 is 14.6 Å². The quantitative estimate of drug-likeness (QED) is 0.788. The summed E-state index contributed by atoms with van der Waals surface area (Å²) in [5.74, 6) is 1.51. The molecule has 0 fully saturated rings. The third kappa shape index (κ3) is 3.39. The molecule has 0 aromatic heterocycles. The number of fused-ring (bicyclic) bond motifs is 1. The van der Waals surface area contributed by atoms with E-state index < -0.39 is 6.10 Å². The Morgan fingerprint density at radius 3 is 2.78 bits per heavy atom. The number of benzene rings is 1. The average Bonchev–Trinajstić information content (AvgIpc) is 2.43. The Labute approximate surface area is 109 Å². The molecule has 2 unspecified atom stereocenters. The van der Waals surface area contributed by atoms with Crippen LogP contribution in [0.4, 0.5) is 0 Å². The Bertz CT molecular complexity index is 365. The summed E-state index contributed by atoms with van der Waals surface area (Å²) in [6.07, 6.45) is 4.80. The summed E-state index contributed by atoms with van der Waals surface area (Å²) in [7, 11) is 0. The maximum absolute atomic E-state index is 10.1. The first-order valence-electron chi connectivity index (χ1n) is 6.88. The molecule has 0 bridgehead atoms. The molecule has 2 rings (SSSR count). The van der Waals surface area contributed by atoms with Crippen LogP contribution in [0.1, 0.15) is 39.0 Å². The van der Waals surface area contributed by atoms with Gasteiger partial charge in [-0.05, 0) is 18.6 Å². The number of para-hydroxylation sites is 2. The highest BCUT2D eigenvalue weighted by molar-refractivity contribution is 5.40. The number of hydrogen-bond donors (Lipinski definition) is 1. The fourth-order valence-electron chi connectivity index (χ4n) is 2.19. The topological polar surface area (TPSA) is 38.7 Å². The highest BCUT2D eigenvalue weighted by Gasteiger charge is 2.26. The predicted molar refractivity (Wildman–Crippen MR) is 71.1 cm³/mol. The van der Waals surface area contributed by atoms with Gasteiger partial charge in [0.1, 0.15) is 6.61 Å². The largest absolute Gasteiger partial charge is 0.486 e. The molecule has 1 aromatic carbocycles. The summed E-state index contributed by atoms with van der Waals surface area (Å²) in [6.45, 7) is 2.62. The molecule has 0 radical (unpaired) electrons. The van der Waals surface area contributed by atoms with Crippen molar-refractivity contribution in [1.29, 1.82) is 0 Å². The van der Waals surface area contributed by atoms with E-state index in [0.717, 1.165) is 24.3 Å². The highest BCUT2D eigenvalue weighted by atomic mass is 16.6. The SMILES string of the molecule is CCCCCCC(O)C1COc2ccccc2O1. The van der Waals surface area contributed by atoms with Gasteiger partial charge in [-0.1, -0.05) is 44.7 Å². The van der Waals surface area contributed by atoms with Gasteiger partial charge in [-0.15, -0.1) is 0 Å². The highest BCUT2D eigenvalue weighted by Crippen LogP contribution is 2.32. The fourth-order valence-corrected chi connectivity index (χ4v) is 2.19. The van der Waals surface area contributed by atoms with E-state index in [1.807, 2.05) is 24.3 Å². The molecule has 100 valence electrons. The van der Waals surface area contributed by atoms with Crippen LogP contribution in [0.25, 0.3) is 0 Å². The van der Waals surface area contributed by atoms with Crippen molar-refractivity contribution in [3.8, 4) is 11.5 Å². The van der Waals surface area contributed by atoms with Gasteiger partial charge in [0.2, 0.25) is 0 Å². The molecular weight excluding hydrogens is 228 g/mol. The van der Waals surface area contributed by atoms with E-state index in [4.69, 9.17) is 9.47 Å². The first-order valence-corrected chi connectivity index (χ1v) is 6.88. The summed E-state index contributed by atoms with van der Waals surface area (Å²) < 4.78 is 11.4. The van der Waals surface area contributed by atoms with Crippen LogP contribution >= 0.6 is 0 Å². The molecule has 1 aromatic rings. The summed E-state index contributed by atoms with van der Waals surface area (Å²) >= 11 is 0. The first-order chi connectivity index (χ1) is 8.81. The van der Waals surface area contributed by atoms with Crippen molar-refractivity contribution >= 4 is 0 Å². The first kappa shape index (κ1) is 13.2. The van der Waals surface area contributed by atoms with Crippen molar-refractivity contribution in [2.45, 2.75) is 51.2 Å². The van der Waals surface area contributed by atoms with E-state index in [0.29, 0.717) is 6.61 Å². The van der Waals surface area contributed by atoms with Crippen LogP contribution in [0.15, 0.2) is 24.3 Å². The number of rotatable bonds is 6. The molecule has 0 aliphatic carbocycles. The van der Waals surface area contributed by atoms with Gasteiger partial charge in [-0.2, -0.15) is 0 Å². The van der Waals surface area contributed by atoms with E-state index in [2.05, 4.69) is 6.92 Å². The van der Waals surface area contributed by atoms with Crippen molar-refractivity contribution in [3.05, 3.63) is 24.3 Å². The zero-order valence-corrected chi connectivity index (χ0v) is 11.0. The molecule has 0 saturated carbocycles. The van der Waals surface area contributed by atoms with Gasteiger partial charge in [-0.3, -0.25) is 0 Å². The molecule has 1 heterocycles. The van der Waals surface area contributed by atoms with E-state index in [-0.39, 0.29) is 6.10 Å². The molecule has 0 amide bonds. The second-order valence-electron chi connectivity index (χ2n) is 4.83. The molecule has 1 aliphatic heterocycles. The molecule has 3 nitrogen and oxygen atoms in total. The molecule has 0 spiro atoms. The van der Waals surface area contributed by atoms with Crippen molar-refractivity contribution in [2.24, 2.45) is 0 Å². The second kappa shape index (κ2) is 6.64. The Hall–Kier alpha value is -1.22. The maximum atomic E-state index is 10.1. The van der Waals surface area contributed by atoms with E-state index in [1.54, 1.807) is 0 Å². The average molecular weight is 250 g/mol. The van der Waals surface area contributed by atoms with Gasteiger partial charge < -0.3 is 14.6 Å². The zero-order valence-electron chi connectivity index (χ0n) is 11.0. The van der Waals surface area contributed by atoms with Crippen molar-refractivity contribution in [1.82, 2.24) is 0 Å². The standard InChI is InChI=1S/C15H22O3/c1-2-3-4-5-8-12(16)15-11-17-13-9-6-7-10-14(13)18-15/h6-7,9-10,12,15-16H,2-5,8,11H2,1H3. The third-order valence-corrected chi connectivity index (χ3v) is 3.31. The number of aliphatic hydroxyl groups is 1. The summed E-state index contributed by atoms with van der Waals surface area (Å²) in [5.41, 5.74) is 0. The lowest BCUT2D eigenvalue weighted by Gasteiger charge is -2.29. The van der Waals surface area contributed by atoms with E-state index in [1.165, 1.54) is 19.3 Å². The number of ether oxygens (including phenoxy) is 2. The number of hydrogen-bond acceptors (Lipinski definition) is 3. The van der Waals surface area contributed by atoms with Gasteiger partial charge >= 0.3 is 0 Å². The molecule has 1 N–H and O–H groups in total. The lowest BCUT2D eigenvalue weighted by Crippen LogP contribution is -2.39. The third-order valence-electron chi connectivity index (χ3n) is 3.31. The van der Waals surface area contributed by atoms with Crippen molar-refractivity contribution in [3.63, 3.8) is 0 Å². The number of unbranched alkanes of at least 4 members (excludes halogenated alkanes) is 3. The Morgan fingerprint density at radius 2 is 2.00 bits per heavy atom. The fraction of sp³-hybridized carbons (Fsp3) is 0.600. The lowest BCUT2D eigenvalue weighted by molar-refractivity contribution is -0.0145. The van der Waals surface area contributed by atoms with Gasteiger partial charge in [0.05, 0.1) is 6.10 Å². The summed E-state index contributed by atoms with van der Waals surface area (Å²) in [4.78, 5) is 0. The van der Waals surface area contributed by atoms with Crippen LogP contribution in [-0.2, 0) is 0 Å². The van der Waals surface area contributed by atoms with Crippen LogP contribution in [0.2, 0.25) is 0 Å². The van der Waals surface area contributed by atoms with Crippen molar-refractivity contribution in [2.75, 3.05) is 6.61 Å². The molecule has 18 heavy (non-hydrogen) atoms. The minimum atomic E-state index is -0.435. The van der Waals surface area contributed by atoms with Gasteiger partial charge in [0.15, 0.2) is 17.6 Å². The van der Waals surface area contributed by atoms with Crippen LogP contribution in [0.5, 0.6) is 11.5 Å². The summed E-state index contributed by atoms with van der Waals surface area (Å²) in [6, 6.07) is 7.60. The molecular formula is C15H22O3.